The molecule has 0 saturated carbocycles. The lowest BCUT2D eigenvalue weighted by atomic mass is 10.2. The van der Waals surface area contributed by atoms with Gasteiger partial charge in [0.2, 0.25) is 0 Å². The summed E-state index contributed by atoms with van der Waals surface area (Å²) in [6, 6.07) is 10.1. The van der Waals surface area contributed by atoms with Crippen LogP contribution in [0.4, 0.5) is 5.69 Å². The molecule has 82 valence electrons. The molecule has 0 aliphatic rings. The van der Waals surface area contributed by atoms with Crippen molar-refractivity contribution in [3.8, 4) is 0 Å². The Bertz CT molecular complexity index is 300. The quantitative estimate of drug-likeness (QED) is 0.859. The van der Waals surface area contributed by atoms with Crippen molar-refractivity contribution in [2.24, 2.45) is 0 Å². The second-order valence-electron chi connectivity index (χ2n) is 3.35. The summed E-state index contributed by atoms with van der Waals surface area (Å²) in [5.74, 6) is 0. The van der Waals surface area contributed by atoms with E-state index in [0.29, 0.717) is 0 Å². The molecule has 0 unspecified atom stereocenters. The Morgan fingerprint density at radius 3 is 2.53 bits per heavy atom. The molecule has 2 nitrogen and oxygen atoms in total. The summed E-state index contributed by atoms with van der Waals surface area (Å²) in [4.78, 5) is 2.19. The maximum Gasteiger partial charge on any atom is 0.0489 e. The Kier molecular flexibility index (Phi) is 5.43. The highest BCUT2D eigenvalue weighted by Crippen LogP contribution is 2.16. The zero-order valence-corrected chi connectivity index (χ0v) is 10.3. The van der Waals surface area contributed by atoms with Crippen LogP contribution >= 0.6 is 15.9 Å². The number of aliphatic hydroxyl groups is 1. The molecule has 3 heteroatoms. The molecule has 1 aromatic carbocycles. The van der Waals surface area contributed by atoms with Crippen molar-refractivity contribution in [2.75, 3.05) is 24.6 Å². The van der Waals surface area contributed by atoms with Gasteiger partial charge in [0.05, 0.1) is 0 Å². The van der Waals surface area contributed by atoms with E-state index in [-0.39, 0.29) is 6.61 Å². The molecular weight excluding hydrogens is 254 g/mol. The van der Waals surface area contributed by atoms with Crippen LogP contribution < -0.4 is 4.90 Å². The van der Waals surface area contributed by atoms with Crippen LogP contribution in [0, 0.1) is 0 Å². The van der Waals surface area contributed by atoms with Crippen LogP contribution in [-0.4, -0.2) is 24.8 Å². The van der Waals surface area contributed by atoms with Gasteiger partial charge in [-0.2, -0.15) is 0 Å². The highest BCUT2D eigenvalue weighted by atomic mass is 79.9. The van der Waals surface area contributed by atoms with Gasteiger partial charge in [0.1, 0.15) is 0 Å². The van der Waals surface area contributed by atoms with Crippen molar-refractivity contribution in [1.82, 2.24) is 0 Å². The van der Waals surface area contributed by atoms with Crippen LogP contribution in [0.1, 0.15) is 6.42 Å². The van der Waals surface area contributed by atoms with Crippen LogP contribution in [0.25, 0.3) is 0 Å². The lowest BCUT2D eigenvalue weighted by Crippen LogP contribution is -2.26. The van der Waals surface area contributed by atoms with Crippen LogP contribution in [0.2, 0.25) is 0 Å². The molecule has 1 rings (SSSR count). The fourth-order valence-corrected chi connectivity index (χ4v) is 1.71. The number of benzene rings is 1. The molecular formula is C12H16BrNO. The highest BCUT2D eigenvalue weighted by molar-refractivity contribution is 9.11. The van der Waals surface area contributed by atoms with E-state index < -0.39 is 0 Å². The monoisotopic (exact) mass is 269 g/mol. The van der Waals surface area contributed by atoms with E-state index in [9.17, 15) is 0 Å². The first kappa shape index (κ1) is 12.3. The normalized spacial score (nSPS) is 10.0. The fourth-order valence-electron chi connectivity index (χ4n) is 1.41. The van der Waals surface area contributed by atoms with Crippen LogP contribution in [-0.2, 0) is 0 Å². The van der Waals surface area contributed by atoms with Crippen LogP contribution in [0.5, 0.6) is 0 Å². The van der Waals surface area contributed by atoms with E-state index >= 15 is 0 Å². The summed E-state index contributed by atoms with van der Waals surface area (Å²) >= 11 is 3.37. The number of para-hydroxylation sites is 1. The second-order valence-corrected chi connectivity index (χ2v) is 4.47. The number of rotatable bonds is 6. The molecule has 0 fully saturated rings. The lowest BCUT2D eigenvalue weighted by Gasteiger charge is -2.24. The summed E-state index contributed by atoms with van der Waals surface area (Å²) in [5, 5.41) is 8.84. The molecule has 15 heavy (non-hydrogen) atoms. The Labute approximate surface area is 99.4 Å². The van der Waals surface area contributed by atoms with E-state index in [2.05, 4.69) is 39.5 Å². The average Bonchev–Trinajstić information content (AvgIpc) is 2.25. The minimum atomic E-state index is 0.220. The number of aliphatic hydroxyl groups excluding tert-OH is 1. The number of halogens is 1. The van der Waals surface area contributed by atoms with E-state index in [1.54, 1.807) is 0 Å². The topological polar surface area (TPSA) is 23.5 Å². The molecule has 0 aromatic heterocycles. The van der Waals surface area contributed by atoms with Crippen molar-refractivity contribution in [2.45, 2.75) is 6.42 Å². The first-order valence-electron chi connectivity index (χ1n) is 4.98. The Morgan fingerprint density at radius 1 is 1.33 bits per heavy atom. The molecule has 1 N–H and O–H groups in total. The van der Waals surface area contributed by atoms with Gasteiger partial charge in [-0.05, 0) is 18.6 Å². The molecule has 0 aliphatic carbocycles. The predicted octanol–water partition coefficient (Wildman–Crippen LogP) is 2.78. The molecule has 0 aliphatic heterocycles. The van der Waals surface area contributed by atoms with Gasteiger partial charge in [0, 0.05) is 29.9 Å². The van der Waals surface area contributed by atoms with Crippen molar-refractivity contribution in [3.63, 3.8) is 0 Å². The van der Waals surface area contributed by atoms with Crippen LogP contribution in [0.15, 0.2) is 41.4 Å². The third-order valence-corrected chi connectivity index (χ3v) is 2.32. The maximum absolute atomic E-state index is 8.84. The van der Waals surface area contributed by atoms with Crippen molar-refractivity contribution in [1.29, 1.82) is 0 Å². The van der Waals surface area contributed by atoms with Crippen molar-refractivity contribution >= 4 is 21.6 Å². The Hall–Kier alpha value is -0.800. The Balaban J connectivity index is 2.67. The first-order chi connectivity index (χ1) is 7.24. The standard InChI is InChI=1S/C12H16BrNO/c1-11(13)10-14(8-5-9-15)12-6-3-2-4-7-12/h2-4,6-7,15H,1,5,8-10H2. The summed E-state index contributed by atoms with van der Waals surface area (Å²) in [7, 11) is 0. The van der Waals surface area contributed by atoms with Crippen LogP contribution in [0.3, 0.4) is 0 Å². The molecule has 0 amide bonds. The van der Waals surface area contributed by atoms with E-state index in [4.69, 9.17) is 5.11 Å². The molecule has 1 aromatic rings. The SMILES string of the molecule is C=C(Br)CN(CCCO)c1ccccc1. The summed E-state index contributed by atoms with van der Waals surface area (Å²) in [6.45, 7) is 5.67. The van der Waals surface area contributed by atoms with E-state index in [1.165, 1.54) is 0 Å². The van der Waals surface area contributed by atoms with Gasteiger partial charge in [-0.1, -0.05) is 40.7 Å². The lowest BCUT2D eigenvalue weighted by molar-refractivity contribution is 0.290. The van der Waals surface area contributed by atoms with Gasteiger partial charge >= 0.3 is 0 Å². The fraction of sp³-hybridized carbons (Fsp3) is 0.333. The first-order valence-corrected chi connectivity index (χ1v) is 5.77. The minimum absolute atomic E-state index is 0.220. The number of hydrogen-bond donors (Lipinski definition) is 1. The van der Waals surface area contributed by atoms with Crippen molar-refractivity contribution in [3.05, 3.63) is 41.4 Å². The average molecular weight is 270 g/mol. The molecule has 0 bridgehead atoms. The highest BCUT2D eigenvalue weighted by Gasteiger charge is 2.05. The number of anilines is 1. The van der Waals surface area contributed by atoms with Crippen molar-refractivity contribution < 1.29 is 5.11 Å². The third kappa shape index (κ3) is 4.49. The molecule has 0 radical (unpaired) electrons. The largest absolute Gasteiger partial charge is 0.396 e. The van der Waals surface area contributed by atoms with Gasteiger partial charge in [-0.15, -0.1) is 0 Å². The summed E-state index contributed by atoms with van der Waals surface area (Å²) in [6.07, 6.45) is 0.773. The zero-order chi connectivity index (χ0) is 11.1. The molecule has 0 atom stereocenters. The molecule has 0 spiro atoms. The third-order valence-electron chi connectivity index (χ3n) is 2.07. The maximum atomic E-state index is 8.84. The predicted molar refractivity (Wildman–Crippen MR) is 68.4 cm³/mol. The van der Waals surface area contributed by atoms with Gasteiger partial charge in [-0.25, -0.2) is 0 Å². The van der Waals surface area contributed by atoms with Gasteiger partial charge in [-0.3, -0.25) is 0 Å². The van der Waals surface area contributed by atoms with E-state index in [0.717, 1.165) is 29.7 Å². The van der Waals surface area contributed by atoms with E-state index in [1.807, 2.05) is 18.2 Å². The minimum Gasteiger partial charge on any atom is -0.396 e. The van der Waals surface area contributed by atoms with Gasteiger partial charge in [0.25, 0.3) is 0 Å². The summed E-state index contributed by atoms with van der Waals surface area (Å²) < 4.78 is 0.948. The number of nitrogens with zero attached hydrogens (tertiary/aromatic N) is 1. The van der Waals surface area contributed by atoms with Gasteiger partial charge < -0.3 is 10.0 Å². The van der Waals surface area contributed by atoms with Gasteiger partial charge in [0.15, 0.2) is 0 Å². The Morgan fingerprint density at radius 2 is 2.00 bits per heavy atom. The number of hydrogen-bond acceptors (Lipinski definition) is 2. The zero-order valence-electron chi connectivity index (χ0n) is 8.69. The second kappa shape index (κ2) is 6.64. The molecule has 0 heterocycles. The summed E-state index contributed by atoms with van der Waals surface area (Å²) in [5.41, 5.74) is 1.16. The molecule has 0 saturated heterocycles. The smallest absolute Gasteiger partial charge is 0.0489 e.